The van der Waals surface area contributed by atoms with Gasteiger partial charge in [-0.15, -0.1) is 0 Å². The van der Waals surface area contributed by atoms with Crippen molar-refractivity contribution in [3.8, 4) is 0 Å². The lowest BCUT2D eigenvalue weighted by atomic mass is 10.2. The van der Waals surface area contributed by atoms with Crippen molar-refractivity contribution < 1.29 is 37.5 Å². The minimum atomic E-state index is -4.86. The van der Waals surface area contributed by atoms with E-state index in [-0.39, 0.29) is 19.8 Å². The Morgan fingerprint density at radius 3 is 1.54 bits per heavy atom. The second-order valence-electron chi connectivity index (χ2n) is 6.72. The third-order valence-corrected chi connectivity index (χ3v) is 10.0. The third kappa shape index (κ3) is 7.55. The summed E-state index contributed by atoms with van der Waals surface area (Å²) in [6.45, 7) is 6.66. The zero-order chi connectivity index (χ0) is 21.7. The highest BCUT2D eigenvalue weighted by molar-refractivity contribution is 7.75. The quantitative estimate of drug-likeness (QED) is 0.178. The minimum absolute atomic E-state index is 0.0918. The van der Waals surface area contributed by atoms with Gasteiger partial charge >= 0.3 is 21.2 Å². The highest BCUT2D eigenvalue weighted by Crippen LogP contribution is 2.75. The first-order valence-electron chi connectivity index (χ1n) is 10.3. The number of carbonyl (C=O) groups is 1. The molecule has 0 saturated heterocycles. The van der Waals surface area contributed by atoms with Crippen molar-refractivity contribution in [1.29, 1.82) is 0 Å². The number of esters is 1. The lowest BCUT2D eigenvalue weighted by Gasteiger charge is -2.35. The molecule has 10 heteroatoms. The number of ether oxygens (including phenoxy) is 1. The Labute approximate surface area is 169 Å². The molecule has 0 saturated carbocycles. The molecule has 0 spiro atoms. The van der Waals surface area contributed by atoms with Crippen LogP contribution in [0, 0.1) is 0 Å². The van der Waals surface area contributed by atoms with Gasteiger partial charge in [0.1, 0.15) is 0 Å². The number of unbranched alkanes of at least 4 members (excludes halogenated alkanes) is 6. The summed E-state index contributed by atoms with van der Waals surface area (Å²) >= 11 is 0. The fraction of sp³-hybridized carbons (Fsp3) is 0.944. The van der Waals surface area contributed by atoms with Crippen molar-refractivity contribution in [3.63, 3.8) is 0 Å². The fourth-order valence-corrected chi connectivity index (χ4v) is 7.02. The molecule has 2 atom stereocenters. The Morgan fingerprint density at radius 2 is 1.21 bits per heavy atom. The van der Waals surface area contributed by atoms with E-state index in [0.717, 1.165) is 38.5 Å². The standard InChI is InChI=1S/C18H38O8P2/c1-5-9-11-13-15-25-27(20,21)18(7-3,17(19)24-8-4)28(22,23)26-16-14-12-10-6-2/h5-16H2,1-4H3,(H,20,21)(H,22,23). The van der Waals surface area contributed by atoms with Crippen molar-refractivity contribution in [1.82, 2.24) is 0 Å². The largest absolute Gasteiger partial charge is 0.465 e. The lowest BCUT2D eigenvalue weighted by molar-refractivity contribution is -0.145. The van der Waals surface area contributed by atoms with E-state index in [1.54, 1.807) is 0 Å². The van der Waals surface area contributed by atoms with Gasteiger partial charge in [0.2, 0.25) is 0 Å². The summed E-state index contributed by atoms with van der Waals surface area (Å²) in [7, 11) is -9.73. The van der Waals surface area contributed by atoms with Crippen molar-refractivity contribution in [2.75, 3.05) is 19.8 Å². The van der Waals surface area contributed by atoms with E-state index in [1.807, 2.05) is 13.8 Å². The molecule has 0 aliphatic carbocycles. The SMILES string of the molecule is CCCCCCOP(=O)(O)C(CC)(C(=O)OCC)P(=O)(O)OCCCCCC. The Bertz CT molecular complexity index is 504. The molecule has 0 amide bonds. The first-order valence-corrected chi connectivity index (χ1v) is 13.4. The van der Waals surface area contributed by atoms with Crippen LogP contribution in [-0.4, -0.2) is 40.5 Å². The number of hydrogen-bond acceptors (Lipinski definition) is 6. The van der Waals surface area contributed by atoms with Crippen LogP contribution in [0.4, 0.5) is 0 Å². The minimum Gasteiger partial charge on any atom is -0.465 e. The first kappa shape index (κ1) is 27.8. The maximum atomic E-state index is 13.0. The molecule has 2 N–H and O–H groups in total. The molecule has 0 aromatic rings. The predicted octanol–water partition coefficient (Wildman–Crippen LogP) is 5.22. The van der Waals surface area contributed by atoms with Gasteiger partial charge in [-0.25, -0.2) is 0 Å². The van der Waals surface area contributed by atoms with Gasteiger partial charge in [0.25, 0.3) is 4.90 Å². The highest BCUT2D eigenvalue weighted by Gasteiger charge is 2.68. The molecule has 0 fully saturated rings. The molecule has 168 valence electrons. The van der Waals surface area contributed by atoms with Gasteiger partial charge in [0.15, 0.2) is 0 Å². The average molecular weight is 444 g/mol. The van der Waals surface area contributed by atoms with Crippen LogP contribution in [0.1, 0.15) is 85.5 Å². The molecule has 0 aliphatic rings. The second-order valence-corrected chi connectivity index (χ2v) is 11.2. The molecular weight excluding hydrogens is 406 g/mol. The Kier molecular flexibility index (Phi) is 13.8. The second kappa shape index (κ2) is 13.9. The first-order chi connectivity index (χ1) is 13.2. The molecular formula is C18H38O8P2. The van der Waals surface area contributed by atoms with Crippen LogP contribution in [0.25, 0.3) is 0 Å². The predicted molar refractivity (Wildman–Crippen MR) is 109 cm³/mol. The summed E-state index contributed by atoms with van der Waals surface area (Å²) in [5, 5.41) is 0. The Hall–Kier alpha value is -0.230. The summed E-state index contributed by atoms with van der Waals surface area (Å²) in [6.07, 6.45) is 6.02. The molecule has 28 heavy (non-hydrogen) atoms. The van der Waals surface area contributed by atoms with Crippen LogP contribution in [0.2, 0.25) is 0 Å². The molecule has 0 aliphatic heterocycles. The molecule has 0 aromatic heterocycles. The van der Waals surface area contributed by atoms with Crippen molar-refractivity contribution in [2.24, 2.45) is 0 Å². The highest BCUT2D eigenvalue weighted by atomic mass is 31.2. The van der Waals surface area contributed by atoms with Crippen LogP contribution in [0.15, 0.2) is 0 Å². The lowest BCUT2D eigenvalue weighted by Crippen LogP contribution is -2.41. The van der Waals surface area contributed by atoms with Crippen LogP contribution >= 0.6 is 15.2 Å². The van der Waals surface area contributed by atoms with Crippen LogP contribution < -0.4 is 0 Å². The van der Waals surface area contributed by atoms with Gasteiger partial charge in [-0.1, -0.05) is 59.3 Å². The molecule has 0 bridgehead atoms. The van der Waals surface area contributed by atoms with Gasteiger partial charge in [-0.05, 0) is 26.2 Å². The van der Waals surface area contributed by atoms with E-state index in [0.29, 0.717) is 12.8 Å². The molecule has 2 unspecified atom stereocenters. The number of rotatable bonds is 17. The molecule has 0 aromatic carbocycles. The third-order valence-electron chi connectivity index (χ3n) is 4.56. The van der Waals surface area contributed by atoms with Crippen molar-refractivity contribution in [2.45, 2.75) is 90.4 Å². The van der Waals surface area contributed by atoms with E-state index in [1.165, 1.54) is 13.8 Å². The maximum absolute atomic E-state index is 13.0. The smallest absolute Gasteiger partial charge is 0.357 e. The number of carbonyl (C=O) groups excluding carboxylic acids is 1. The monoisotopic (exact) mass is 444 g/mol. The van der Waals surface area contributed by atoms with E-state index in [2.05, 4.69) is 0 Å². The Morgan fingerprint density at radius 1 is 0.786 bits per heavy atom. The zero-order valence-corrected chi connectivity index (χ0v) is 19.5. The van der Waals surface area contributed by atoms with Crippen LogP contribution in [-0.2, 0) is 27.7 Å². The molecule has 0 radical (unpaired) electrons. The van der Waals surface area contributed by atoms with Gasteiger partial charge in [-0.3, -0.25) is 13.9 Å². The van der Waals surface area contributed by atoms with Crippen LogP contribution in [0.5, 0.6) is 0 Å². The topological polar surface area (TPSA) is 119 Å². The van der Waals surface area contributed by atoms with E-state index in [4.69, 9.17) is 13.8 Å². The summed E-state index contributed by atoms with van der Waals surface area (Å²) in [5.74, 6) is -1.24. The summed E-state index contributed by atoms with van der Waals surface area (Å²) < 4.78 is 41.2. The van der Waals surface area contributed by atoms with E-state index in [9.17, 15) is 23.7 Å². The average Bonchev–Trinajstić information content (AvgIpc) is 2.62. The van der Waals surface area contributed by atoms with Gasteiger partial charge in [0.05, 0.1) is 19.8 Å². The fourth-order valence-electron chi connectivity index (χ4n) is 2.83. The zero-order valence-electron chi connectivity index (χ0n) is 17.7. The van der Waals surface area contributed by atoms with Crippen LogP contribution in [0.3, 0.4) is 0 Å². The van der Waals surface area contributed by atoms with Crippen molar-refractivity contribution >= 4 is 21.2 Å². The summed E-state index contributed by atoms with van der Waals surface area (Å²) in [4.78, 5) is 31.1. The van der Waals surface area contributed by atoms with Gasteiger partial charge in [-0.2, -0.15) is 0 Å². The summed E-state index contributed by atoms with van der Waals surface area (Å²) in [5.41, 5.74) is 0. The van der Waals surface area contributed by atoms with Gasteiger partial charge < -0.3 is 23.6 Å². The Balaban J connectivity index is 5.52. The molecule has 0 rings (SSSR count). The van der Waals surface area contributed by atoms with E-state index < -0.39 is 32.5 Å². The molecule has 8 nitrogen and oxygen atoms in total. The van der Waals surface area contributed by atoms with Gasteiger partial charge in [0, 0.05) is 0 Å². The number of hydrogen-bond donors (Lipinski definition) is 2. The normalized spacial score (nSPS) is 18.1. The van der Waals surface area contributed by atoms with E-state index >= 15 is 0 Å². The maximum Gasteiger partial charge on any atom is 0.357 e. The molecule has 0 heterocycles. The summed E-state index contributed by atoms with van der Waals surface area (Å²) in [6, 6.07) is 0. The van der Waals surface area contributed by atoms with Crippen molar-refractivity contribution in [3.05, 3.63) is 0 Å².